The van der Waals surface area contributed by atoms with E-state index in [-0.39, 0.29) is 11.1 Å². The topological polar surface area (TPSA) is 92.8 Å². The molecule has 134 valence electrons. The van der Waals surface area contributed by atoms with Crippen LogP contribution in [0.2, 0.25) is 0 Å². The van der Waals surface area contributed by atoms with Crippen molar-refractivity contribution in [2.45, 2.75) is 26.8 Å². The first-order valence-electron chi connectivity index (χ1n) is 8.50. The van der Waals surface area contributed by atoms with E-state index in [9.17, 15) is 9.59 Å². The predicted octanol–water partition coefficient (Wildman–Crippen LogP) is 2.09. The predicted molar refractivity (Wildman–Crippen MR) is 98.7 cm³/mol. The fourth-order valence-electron chi connectivity index (χ4n) is 3.05. The lowest BCUT2D eigenvalue weighted by Crippen LogP contribution is -2.24. The van der Waals surface area contributed by atoms with Crippen molar-refractivity contribution in [1.29, 1.82) is 5.26 Å². The molecule has 3 aromatic rings. The Morgan fingerprint density at radius 3 is 2.81 bits per heavy atom. The smallest absolute Gasteiger partial charge is 0.280 e. The minimum absolute atomic E-state index is 0.161. The van der Waals surface area contributed by atoms with Crippen molar-refractivity contribution < 1.29 is 4.74 Å². The quantitative estimate of drug-likeness (QED) is 0.688. The number of rotatable bonds is 6. The lowest BCUT2D eigenvalue weighted by atomic mass is 10.2. The molecule has 7 nitrogen and oxygen atoms in total. The Hall–Kier alpha value is -3.11. The van der Waals surface area contributed by atoms with Crippen molar-refractivity contribution in [2.24, 2.45) is 0 Å². The van der Waals surface area contributed by atoms with E-state index in [4.69, 9.17) is 10.00 Å². The van der Waals surface area contributed by atoms with Gasteiger partial charge >= 0.3 is 0 Å². The summed E-state index contributed by atoms with van der Waals surface area (Å²) >= 11 is 0. The molecule has 2 heterocycles. The highest BCUT2D eigenvalue weighted by molar-refractivity contribution is 5.80. The summed E-state index contributed by atoms with van der Waals surface area (Å²) in [6.45, 7) is 5.40. The summed E-state index contributed by atoms with van der Waals surface area (Å²) in [5.74, 6) is 0. The number of pyridine rings is 1. The van der Waals surface area contributed by atoms with Gasteiger partial charge in [0.25, 0.3) is 11.1 Å². The van der Waals surface area contributed by atoms with Gasteiger partial charge in [0.05, 0.1) is 28.2 Å². The summed E-state index contributed by atoms with van der Waals surface area (Å²) < 4.78 is 8.28. The Labute approximate surface area is 150 Å². The Kier molecular flexibility index (Phi) is 5.05. The van der Waals surface area contributed by atoms with Gasteiger partial charge in [-0.3, -0.25) is 14.7 Å². The molecule has 0 unspecified atom stereocenters. The van der Waals surface area contributed by atoms with Crippen LogP contribution in [0.15, 0.2) is 39.9 Å². The maximum Gasteiger partial charge on any atom is 0.280 e. The monoisotopic (exact) mass is 352 g/mol. The number of ether oxygens (including phenoxy) is 1. The third kappa shape index (κ3) is 3.19. The van der Waals surface area contributed by atoms with Gasteiger partial charge in [0.1, 0.15) is 0 Å². The summed E-state index contributed by atoms with van der Waals surface area (Å²) in [5.41, 5.74) is 1.72. The second-order valence-electron chi connectivity index (χ2n) is 5.97. The van der Waals surface area contributed by atoms with Crippen LogP contribution in [-0.2, 0) is 11.3 Å². The van der Waals surface area contributed by atoms with E-state index in [1.54, 1.807) is 35.8 Å². The summed E-state index contributed by atoms with van der Waals surface area (Å²) in [6, 6.07) is 10.2. The van der Waals surface area contributed by atoms with E-state index in [0.29, 0.717) is 54.0 Å². The number of aromatic amines is 1. The molecule has 0 saturated heterocycles. The van der Waals surface area contributed by atoms with Crippen molar-refractivity contribution in [3.05, 3.63) is 62.3 Å². The highest BCUT2D eigenvalue weighted by atomic mass is 16.5. The molecule has 1 N–H and O–H groups in total. The van der Waals surface area contributed by atoms with Crippen molar-refractivity contribution in [3.8, 4) is 11.8 Å². The molecule has 26 heavy (non-hydrogen) atoms. The summed E-state index contributed by atoms with van der Waals surface area (Å²) in [7, 11) is 0. The van der Waals surface area contributed by atoms with E-state index in [2.05, 4.69) is 11.2 Å². The highest BCUT2D eigenvalue weighted by Gasteiger charge is 2.15. The normalized spacial score (nSPS) is 11.0. The number of hydrogen-bond donors (Lipinski definition) is 1. The van der Waals surface area contributed by atoms with Crippen LogP contribution in [0.25, 0.3) is 16.6 Å². The van der Waals surface area contributed by atoms with Crippen LogP contribution in [0.1, 0.15) is 24.6 Å². The van der Waals surface area contributed by atoms with Gasteiger partial charge in [0.15, 0.2) is 0 Å². The first-order chi connectivity index (χ1) is 12.6. The molecule has 0 aliphatic carbocycles. The van der Waals surface area contributed by atoms with Crippen LogP contribution in [-0.4, -0.2) is 27.6 Å². The minimum Gasteiger partial charge on any atom is -0.382 e. The molecular formula is C19H20N4O3. The second kappa shape index (κ2) is 7.42. The van der Waals surface area contributed by atoms with E-state index in [1.807, 2.05) is 6.92 Å². The summed E-state index contributed by atoms with van der Waals surface area (Å²) in [6.07, 6.45) is 0.697. The first-order valence-corrected chi connectivity index (χ1v) is 8.50. The molecule has 1 aromatic carbocycles. The molecule has 0 fully saturated rings. The number of aryl methyl sites for hydroxylation is 1. The Morgan fingerprint density at radius 2 is 2.08 bits per heavy atom. The largest absolute Gasteiger partial charge is 0.382 e. The zero-order valence-electron chi connectivity index (χ0n) is 14.8. The number of hydrogen-bond acceptors (Lipinski definition) is 4. The SMILES string of the molecule is CCOCCCn1c(C)c2c(=O)n(-c3cccc(C#N)c3)[nH]c2cc1=O. The molecule has 0 amide bonds. The van der Waals surface area contributed by atoms with Crippen LogP contribution in [0.5, 0.6) is 0 Å². The minimum atomic E-state index is -0.244. The summed E-state index contributed by atoms with van der Waals surface area (Å²) in [5, 5.41) is 12.5. The van der Waals surface area contributed by atoms with E-state index in [1.165, 1.54) is 10.7 Å². The summed E-state index contributed by atoms with van der Waals surface area (Å²) in [4.78, 5) is 25.3. The molecule has 0 aliphatic rings. The first kappa shape index (κ1) is 17.7. The second-order valence-corrected chi connectivity index (χ2v) is 5.97. The standard InChI is InChI=1S/C19H20N4O3/c1-3-26-9-5-8-22-13(2)18-16(11-17(22)24)21-23(19(18)25)15-7-4-6-14(10-15)12-20/h4,6-7,10-11,21H,3,5,8-9H2,1-2H3. The van der Waals surface area contributed by atoms with E-state index >= 15 is 0 Å². The van der Waals surface area contributed by atoms with Gasteiger partial charge in [-0.1, -0.05) is 6.07 Å². The molecule has 2 aromatic heterocycles. The molecule has 0 spiro atoms. The van der Waals surface area contributed by atoms with Gasteiger partial charge in [-0.25, -0.2) is 4.68 Å². The van der Waals surface area contributed by atoms with Crippen LogP contribution in [0, 0.1) is 18.3 Å². The Bertz CT molecular complexity index is 1100. The zero-order chi connectivity index (χ0) is 18.7. The molecule has 0 bridgehead atoms. The van der Waals surface area contributed by atoms with Crippen molar-refractivity contribution in [1.82, 2.24) is 14.3 Å². The maximum absolute atomic E-state index is 12.9. The number of benzene rings is 1. The molecule has 0 aliphatic heterocycles. The molecular weight excluding hydrogens is 332 g/mol. The van der Waals surface area contributed by atoms with Gasteiger partial charge < -0.3 is 9.30 Å². The molecule has 0 saturated carbocycles. The van der Waals surface area contributed by atoms with Crippen molar-refractivity contribution >= 4 is 10.9 Å². The maximum atomic E-state index is 12.9. The van der Waals surface area contributed by atoms with Crippen LogP contribution in [0.4, 0.5) is 0 Å². The molecule has 7 heteroatoms. The molecule has 0 radical (unpaired) electrons. The number of H-pyrrole nitrogens is 1. The van der Waals surface area contributed by atoms with Crippen molar-refractivity contribution in [3.63, 3.8) is 0 Å². The van der Waals surface area contributed by atoms with E-state index < -0.39 is 0 Å². The number of nitrogens with one attached hydrogen (secondary N) is 1. The third-order valence-electron chi connectivity index (χ3n) is 4.33. The Balaban J connectivity index is 2.09. The van der Waals surface area contributed by atoms with Crippen LogP contribution >= 0.6 is 0 Å². The fourth-order valence-corrected chi connectivity index (χ4v) is 3.05. The average molecular weight is 352 g/mol. The number of nitrogens with zero attached hydrogens (tertiary/aromatic N) is 3. The third-order valence-corrected chi connectivity index (χ3v) is 4.33. The lowest BCUT2D eigenvalue weighted by Gasteiger charge is -2.09. The van der Waals surface area contributed by atoms with Crippen molar-refractivity contribution in [2.75, 3.05) is 13.2 Å². The van der Waals surface area contributed by atoms with Gasteiger partial charge in [-0.15, -0.1) is 0 Å². The number of aromatic nitrogens is 3. The van der Waals surface area contributed by atoms with Gasteiger partial charge in [-0.05, 0) is 38.5 Å². The van der Waals surface area contributed by atoms with Gasteiger partial charge in [0, 0.05) is 31.5 Å². The average Bonchev–Trinajstić information content (AvgIpc) is 2.97. The van der Waals surface area contributed by atoms with Gasteiger partial charge in [0.2, 0.25) is 0 Å². The molecule has 3 rings (SSSR count). The van der Waals surface area contributed by atoms with Crippen LogP contribution in [0.3, 0.4) is 0 Å². The Morgan fingerprint density at radius 1 is 1.27 bits per heavy atom. The number of fused-ring (bicyclic) bond motifs is 1. The van der Waals surface area contributed by atoms with Crippen LogP contribution < -0.4 is 11.1 Å². The lowest BCUT2D eigenvalue weighted by molar-refractivity contribution is 0.141. The zero-order valence-corrected chi connectivity index (χ0v) is 14.8. The fraction of sp³-hybridized carbons (Fsp3) is 0.316. The van der Waals surface area contributed by atoms with E-state index in [0.717, 1.165) is 0 Å². The highest BCUT2D eigenvalue weighted by Crippen LogP contribution is 2.14. The number of nitriles is 1. The van der Waals surface area contributed by atoms with Gasteiger partial charge in [-0.2, -0.15) is 5.26 Å². The molecule has 0 atom stereocenters.